The Hall–Kier alpha value is -2.11. The predicted molar refractivity (Wildman–Crippen MR) is 105 cm³/mol. The monoisotopic (exact) mass is 384 g/mol. The van der Waals surface area contributed by atoms with Gasteiger partial charge in [0.1, 0.15) is 18.5 Å². The number of rotatable bonds is 4. The number of fused-ring (bicyclic) bond motifs is 1. The number of hydrogen-bond acceptors (Lipinski definition) is 4. The standard InChI is InChI=1S/C22H24O4S/c1-22(2)21(16-8-11-17(12-9-16)27(3,23)24)20(14-25-22)26-19-13-10-15-6-4-5-7-18(15)19/h4-9,11-12,19H,10,13-14H2,1-3H3. The highest BCUT2D eigenvalue weighted by Gasteiger charge is 2.37. The summed E-state index contributed by atoms with van der Waals surface area (Å²) in [6.07, 6.45) is 3.25. The molecule has 0 spiro atoms. The summed E-state index contributed by atoms with van der Waals surface area (Å²) in [6.45, 7) is 4.46. The van der Waals surface area contributed by atoms with Gasteiger partial charge in [0, 0.05) is 11.8 Å². The van der Waals surface area contributed by atoms with Crippen LogP contribution in [0.15, 0.2) is 59.2 Å². The van der Waals surface area contributed by atoms with E-state index in [1.165, 1.54) is 17.4 Å². The molecule has 4 rings (SSSR count). The van der Waals surface area contributed by atoms with E-state index in [-0.39, 0.29) is 6.10 Å². The topological polar surface area (TPSA) is 52.6 Å². The van der Waals surface area contributed by atoms with E-state index < -0.39 is 15.4 Å². The molecule has 1 aliphatic carbocycles. The summed E-state index contributed by atoms with van der Waals surface area (Å²) in [5.41, 5.74) is 4.04. The quantitative estimate of drug-likeness (QED) is 0.788. The maximum absolute atomic E-state index is 11.7. The van der Waals surface area contributed by atoms with Crippen LogP contribution in [-0.4, -0.2) is 26.9 Å². The average Bonchev–Trinajstić information content (AvgIpc) is 3.15. The van der Waals surface area contributed by atoms with Crippen LogP contribution in [0.25, 0.3) is 5.57 Å². The molecular formula is C22H24O4S. The fourth-order valence-electron chi connectivity index (χ4n) is 4.01. The molecule has 0 amide bonds. The van der Waals surface area contributed by atoms with Crippen LogP contribution < -0.4 is 0 Å². The molecule has 27 heavy (non-hydrogen) atoms. The molecule has 2 aromatic carbocycles. The van der Waals surface area contributed by atoms with Crippen LogP contribution in [0.4, 0.5) is 0 Å². The third-order valence-corrected chi connectivity index (χ3v) is 6.51. The normalized spacial score (nSPS) is 21.4. The highest BCUT2D eigenvalue weighted by molar-refractivity contribution is 7.90. The summed E-state index contributed by atoms with van der Waals surface area (Å²) in [5.74, 6) is 0.841. The van der Waals surface area contributed by atoms with Gasteiger partial charge in [0.05, 0.1) is 10.5 Å². The van der Waals surface area contributed by atoms with E-state index in [1.54, 1.807) is 12.1 Å². The van der Waals surface area contributed by atoms with E-state index in [9.17, 15) is 8.42 Å². The molecule has 0 fully saturated rings. The maximum atomic E-state index is 11.7. The molecule has 0 saturated heterocycles. The molecule has 0 bridgehead atoms. The summed E-state index contributed by atoms with van der Waals surface area (Å²) in [6, 6.07) is 15.4. The second-order valence-electron chi connectivity index (χ2n) is 7.74. The Morgan fingerprint density at radius 1 is 1.07 bits per heavy atom. The van der Waals surface area contributed by atoms with E-state index in [0.717, 1.165) is 29.7 Å². The zero-order chi connectivity index (χ0) is 19.2. The van der Waals surface area contributed by atoms with Gasteiger partial charge in [-0.1, -0.05) is 36.4 Å². The van der Waals surface area contributed by atoms with Crippen molar-refractivity contribution in [3.8, 4) is 0 Å². The van der Waals surface area contributed by atoms with Crippen molar-refractivity contribution < 1.29 is 17.9 Å². The number of sulfone groups is 1. The van der Waals surface area contributed by atoms with Crippen molar-refractivity contribution in [2.24, 2.45) is 0 Å². The molecule has 1 aliphatic heterocycles. The number of aryl methyl sites for hydroxylation is 1. The lowest BCUT2D eigenvalue weighted by molar-refractivity contribution is 0.0330. The van der Waals surface area contributed by atoms with Gasteiger partial charge in [0.2, 0.25) is 0 Å². The fourth-order valence-corrected chi connectivity index (χ4v) is 4.64. The van der Waals surface area contributed by atoms with Gasteiger partial charge in [0.25, 0.3) is 0 Å². The summed E-state index contributed by atoms with van der Waals surface area (Å²) < 4.78 is 35.9. The number of benzene rings is 2. The van der Waals surface area contributed by atoms with Gasteiger partial charge in [-0.3, -0.25) is 0 Å². The molecule has 4 nitrogen and oxygen atoms in total. The molecule has 5 heteroatoms. The first-order valence-electron chi connectivity index (χ1n) is 9.18. The highest BCUT2D eigenvalue weighted by Crippen LogP contribution is 2.43. The SMILES string of the molecule is CC1(C)OCC(OC2CCc3ccccc32)=C1c1ccc(S(C)(=O)=O)cc1. The second kappa shape index (κ2) is 6.50. The summed E-state index contributed by atoms with van der Waals surface area (Å²) in [7, 11) is -3.22. The van der Waals surface area contributed by atoms with Crippen LogP contribution in [0.3, 0.4) is 0 Å². The van der Waals surface area contributed by atoms with Crippen LogP contribution in [0.2, 0.25) is 0 Å². The lowest BCUT2D eigenvalue weighted by Gasteiger charge is -2.23. The Kier molecular flexibility index (Phi) is 4.40. The molecule has 0 N–H and O–H groups in total. The van der Waals surface area contributed by atoms with Crippen molar-refractivity contribution in [1.82, 2.24) is 0 Å². The van der Waals surface area contributed by atoms with Crippen molar-refractivity contribution in [2.45, 2.75) is 43.3 Å². The van der Waals surface area contributed by atoms with E-state index in [2.05, 4.69) is 24.3 Å². The Labute approximate surface area is 160 Å². The van der Waals surface area contributed by atoms with Gasteiger partial charge in [0.15, 0.2) is 9.84 Å². The van der Waals surface area contributed by atoms with Crippen molar-refractivity contribution in [1.29, 1.82) is 0 Å². The zero-order valence-electron chi connectivity index (χ0n) is 15.9. The predicted octanol–water partition coefficient (Wildman–Crippen LogP) is 4.31. The van der Waals surface area contributed by atoms with Gasteiger partial charge in [-0.15, -0.1) is 0 Å². The first-order chi connectivity index (χ1) is 12.8. The van der Waals surface area contributed by atoms with Gasteiger partial charge >= 0.3 is 0 Å². The lowest BCUT2D eigenvalue weighted by Crippen LogP contribution is -2.21. The Morgan fingerprint density at radius 3 is 2.48 bits per heavy atom. The number of ether oxygens (including phenoxy) is 2. The molecule has 142 valence electrons. The Morgan fingerprint density at radius 2 is 1.78 bits per heavy atom. The molecule has 0 saturated carbocycles. The van der Waals surface area contributed by atoms with Crippen molar-refractivity contribution in [3.63, 3.8) is 0 Å². The van der Waals surface area contributed by atoms with Crippen LogP contribution in [-0.2, 0) is 25.7 Å². The Bertz CT molecular complexity index is 1000. The van der Waals surface area contributed by atoms with Gasteiger partial charge in [-0.2, -0.15) is 0 Å². The third-order valence-electron chi connectivity index (χ3n) is 5.38. The van der Waals surface area contributed by atoms with Crippen molar-refractivity contribution in [2.75, 3.05) is 12.9 Å². The second-order valence-corrected chi connectivity index (χ2v) is 9.75. The Balaban J connectivity index is 1.69. The highest BCUT2D eigenvalue weighted by atomic mass is 32.2. The number of hydrogen-bond donors (Lipinski definition) is 0. The fraction of sp³-hybridized carbons (Fsp3) is 0.364. The average molecular weight is 384 g/mol. The molecule has 1 unspecified atom stereocenters. The molecule has 1 heterocycles. The summed E-state index contributed by atoms with van der Waals surface area (Å²) in [4.78, 5) is 0.316. The van der Waals surface area contributed by atoms with E-state index in [0.29, 0.717) is 11.5 Å². The van der Waals surface area contributed by atoms with Crippen LogP contribution in [0.1, 0.15) is 43.1 Å². The van der Waals surface area contributed by atoms with Gasteiger partial charge in [-0.05, 0) is 55.5 Å². The van der Waals surface area contributed by atoms with E-state index in [1.807, 2.05) is 26.0 Å². The summed E-state index contributed by atoms with van der Waals surface area (Å²) >= 11 is 0. The molecule has 1 atom stereocenters. The van der Waals surface area contributed by atoms with Gasteiger partial charge in [-0.25, -0.2) is 8.42 Å². The third kappa shape index (κ3) is 3.42. The van der Waals surface area contributed by atoms with Crippen molar-refractivity contribution >= 4 is 15.4 Å². The van der Waals surface area contributed by atoms with Gasteiger partial charge < -0.3 is 9.47 Å². The summed E-state index contributed by atoms with van der Waals surface area (Å²) in [5, 5.41) is 0. The van der Waals surface area contributed by atoms with Crippen molar-refractivity contribution in [3.05, 3.63) is 71.0 Å². The van der Waals surface area contributed by atoms with Crippen LogP contribution in [0.5, 0.6) is 0 Å². The minimum atomic E-state index is -3.22. The molecule has 2 aliphatic rings. The van der Waals surface area contributed by atoms with E-state index >= 15 is 0 Å². The lowest BCUT2D eigenvalue weighted by atomic mass is 9.92. The zero-order valence-corrected chi connectivity index (χ0v) is 16.7. The maximum Gasteiger partial charge on any atom is 0.175 e. The smallest absolute Gasteiger partial charge is 0.175 e. The molecular weight excluding hydrogens is 360 g/mol. The molecule has 0 aromatic heterocycles. The van der Waals surface area contributed by atoms with Crippen LogP contribution >= 0.6 is 0 Å². The first-order valence-corrected chi connectivity index (χ1v) is 11.1. The largest absolute Gasteiger partial charge is 0.487 e. The first kappa shape index (κ1) is 18.3. The minimum Gasteiger partial charge on any atom is -0.487 e. The van der Waals surface area contributed by atoms with Crippen LogP contribution in [0, 0.1) is 0 Å². The van der Waals surface area contributed by atoms with E-state index in [4.69, 9.17) is 9.47 Å². The molecule has 2 aromatic rings. The molecule has 0 radical (unpaired) electrons. The minimum absolute atomic E-state index is 0.0407.